The second-order valence-electron chi connectivity index (χ2n) is 5.47. The Hall–Kier alpha value is -3.20. The molecule has 0 bridgehead atoms. The van der Waals surface area contributed by atoms with Gasteiger partial charge in [0.25, 0.3) is 0 Å². The number of hydrogen-bond donors (Lipinski definition) is 1. The van der Waals surface area contributed by atoms with E-state index in [1.807, 2.05) is 66.7 Å². The molecule has 3 heteroatoms. The molecule has 0 aliphatic carbocycles. The van der Waals surface area contributed by atoms with Gasteiger partial charge in [0, 0.05) is 16.3 Å². The summed E-state index contributed by atoms with van der Waals surface area (Å²) in [5, 5.41) is 2.90. The number of nitrogens with two attached hydrogens (primary N) is 1. The van der Waals surface area contributed by atoms with Gasteiger partial charge in [-0.15, -0.1) is 0 Å². The van der Waals surface area contributed by atoms with E-state index in [1.54, 1.807) is 6.07 Å². The number of primary amides is 1. The van der Waals surface area contributed by atoms with Gasteiger partial charge >= 0.3 is 0 Å². The Balaban J connectivity index is 2.14. The fourth-order valence-electron chi connectivity index (χ4n) is 2.92. The molecule has 4 rings (SSSR count). The minimum absolute atomic E-state index is 0.440. The topological polar surface area (TPSA) is 56.0 Å². The van der Waals surface area contributed by atoms with E-state index < -0.39 is 5.91 Å². The lowest BCUT2D eigenvalue weighted by atomic mass is 10.00. The zero-order valence-electron chi connectivity index (χ0n) is 12.4. The van der Waals surface area contributed by atoms with Gasteiger partial charge in [-0.1, -0.05) is 66.7 Å². The SMILES string of the molecule is NC(=O)c1cc(-c2ccccc2)nc2c1ccc1ccccc12. The highest BCUT2D eigenvalue weighted by Gasteiger charge is 2.13. The van der Waals surface area contributed by atoms with Crippen molar-refractivity contribution in [2.45, 2.75) is 0 Å². The summed E-state index contributed by atoms with van der Waals surface area (Å²) in [6.45, 7) is 0. The third-order valence-corrected chi connectivity index (χ3v) is 4.04. The number of rotatable bonds is 2. The maximum Gasteiger partial charge on any atom is 0.249 e. The van der Waals surface area contributed by atoms with Gasteiger partial charge in [-0.3, -0.25) is 4.79 Å². The third kappa shape index (κ3) is 2.23. The molecule has 1 aromatic heterocycles. The fraction of sp³-hybridized carbons (Fsp3) is 0. The van der Waals surface area contributed by atoms with Gasteiger partial charge in [-0.25, -0.2) is 4.98 Å². The van der Waals surface area contributed by atoms with Crippen LogP contribution in [-0.2, 0) is 0 Å². The fourth-order valence-corrected chi connectivity index (χ4v) is 2.92. The molecule has 23 heavy (non-hydrogen) atoms. The van der Waals surface area contributed by atoms with Crippen LogP contribution in [0.3, 0.4) is 0 Å². The van der Waals surface area contributed by atoms with E-state index in [1.165, 1.54) is 0 Å². The molecule has 0 unspecified atom stereocenters. The molecule has 0 fully saturated rings. The smallest absolute Gasteiger partial charge is 0.249 e. The summed E-state index contributed by atoms with van der Waals surface area (Å²) < 4.78 is 0. The molecule has 2 N–H and O–H groups in total. The highest BCUT2D eigenvalue weighted by molar-refractivity contribution is 6.14. The maximum absolute atomic E-state index is 11.9. The molecule has 3 aromatic carbocycles. The van der Waals surface area contributed by atoms with Crippen LogP contribution in [-0.4, -0.2) is 10.9 Å². The lowest BCUT2D eigenvalue weighted by Crippen LogP contribution is -2.12. The Labute approximate surface area is 133 Å². The summed E-state index contributed by atoms with van der Waals surface area (Å²) in [7, 11) is 0. The van der Waals surface area contributed by atoms with Gasteiger partial charge in [-0.2, -0.15) is 0 Å². The summed E-state index contributed by atoms with van der Waals surface area (Å²) in [5.74, 6) is -0.440. The quantitative estimate of drug-likeness (QED) is 0.565. The van der Waals surface area contributed by atoms with E-state index in [-0.39, 0.29) is 0 Å². The van der Waals surface area contributed by atoms with Crippen LogP contribution in [0.1, 0.15) is 10.4 Å². The first-order valence-electron chi connectivity index (χ1n) is 7.42. The Morgan fingerprint density at radius 2 is 1.57 bits per heavy atom. The number of amides is 1. The van der Waals surface area contributed by atoms with Gasteiger partial charge in [-0.05, 0) is 11.5 Å². The summed E-state index contributed by atoms with van der Waals surface area (Å²) in [5.41, 5.74) is 8.62. The largest absolute Gasteiger partial charge is 0.366 e. The zero-order valence-corrected chi connectivity index (χ0v) is 12.4. The maximum atomic E-state index is 11.9. The van der Waals surface area contributed by atoms with E-state index in [9.17, 15) is 4.79 Å². The average Bonchev–Trinajstić information content (AvgIpc) is 2.61. The van der Waals surface area contributed by atoms with Gasteiger partial charge in [0.05, 0.1) is 16.8 Å². The summed E-state index contributed by atoms with van der Waals surface area (Å²) in [4.78, 5) is 16.7. The van der Waals surface area contributed by atoms with Crippen molar-refractivity contribution in [1.29, 1.82) is 0 Å². The number of pyridine rings is 1. The van der Waals surface area contributed by atoms with Crippen molar-refractivity contribution in [3.8, 4) is 11.3 Å². The summed E-state index contributed by atoms with van der Waals surface area (Å²) in [6, 6.07) is 23.5. The molecule has 0 saturated heterocycles. The van der Waals surface area contributed by atoms with Crippen molar-refractivity contribution in [2.75, 3.05) is 0 Å². The standard InChI is InChI=1S/C20H14N2O/c21-20(23)17-12-18(14-7-2-1-3-8-14)22-19-15-9-5-4-6-13(15)10-11-16(17)19/h1-12H,(H2,21,23). The van der Waals surface area contributed by atoms with Crippen LogP contribution in [0.25, 0.3) is 32.9 Å². The number of carbonyl (C=O) groups excluding carboxylic acids is 1. The Kier molecular flexibility index (Phi) is 3.05. The van der Waals surface area contributed by atoms with Crippen LogP contribution in [0, 0.1) is 0 Å². The van der Waals surface area contributed by atoms with Crippen LogP contribution in [0.4, 0.5) is 0 Å². The van der Waals surface area contributed by atoms with Crippen molar-refractivity contribution in [1.82, 2.24) is 4.98 Å². The van der Waals surface area contributed by atoms with Crippen LogP contribution >= 0.6 is 0 Å². The number of carbonyl (C=O) groups is 1. The predicted molar refractivity (Wildman–Crippen MR) is 93.2 cm³/mol. The minimum Gasteiger partial charge on any atom is -0.366 e. The van der Waals surface area contributed by atoms with Crippen molar-refractivity contribution < 1.29 is 4.79 Å². The highest BCUT2D eigenvalue weighted by atomic mass is 16.1. The number of hydrogen-bond acceptors (Lipinski definition) is 2. The highest BCUT2D eigenvalue weighted by Crippen LogP contribution is 2.29. The van der Waals surface area contributed by atoms with Crippen molar-refractivity contribution in [2.24, 2.45) is 5.73 Å². The van der Waals surface area contributed by atoms with Crippen LogP contribution in [0.15, 0.2) is 72.8 Å². The minimum atomic E-state index is -0.440. The molecular weight excluding hydrogens is 284 g/mol. The molecule has 1 amide bonds. The molecule has 0 atom stereocenters. The first-order chi connectivity index (χ1) is 11.2. The Bertz CT molecular complexity index is 1040. The molecule has 4 aromatic rings. The number of aromatic nitrogens is 1. The van der Waals surface area contributed by atoms with E-state index >= 15 is 0 Å². The first-order valence-corrected chi connectivity index (χ1v) is 7.42. The normalized spacial score (nSPS) is 11.0. The monoisotopic (exact) mass is 298 g/mol. The molecule has 1 heterocycles. The first kappa shape index (κ1) is 13.5. The van der Waals surface area contributed by atoms with Crippen molar-refractivity contribution in [3.63, 3.8) is 0 Å². The van der Waals surface area contributed by atoms with Gasteiger partial charge < -0.3 is 5.73 Å². The number of nitrogens with zero attached hydrogens (tertiary/aromatic N) is 1. The van der Waals surface area contributed by atoms with E-state index in [0.717, 1.165) is 32.9 Å². The zero-order chi connectivity index (χ0) is 15.8. The van der Waals surface area contributed by atoms with Gasteiger partial charge in [0.1, 0.15) is 0 Å². The lowest BCUT2D eigenvalue weighted by molar-refractivity contribution is 0.100. The molecule has 0 saturated carbocycles. The van der Waals surface area contributed by atoms with E-state index in [0.29, 0.717) is 5.56 Å². The number of fused-ring (bicyclic) bond motifs is 3. The second kappa shape index (κ2) is 5.21. The third-order valence-electron chi connectivity index (χ3n) is 4.04. The second-order valence-corrected chi connectivity index (χ2v) is 5.47. The molecule has 0 aliphatic rings. The average molecular weight is 298 g/mol. The van der Waals surface area contributed by atoms with Gasteiger partial charge in [0.15, 0.2) is 0 Å². The summed E-state index contributed by atoms with van der Waals surface area (Å²) in [6.07, 6.45) is 0. The Morgan fingerprint density at radius 3 is 2.35 bits per heavy atom. The van der Waals surface area contributed by atoms with Crippen LogP contribution in [0.2, 0.25) is 0 Å². The summed E-state index contributed by atoms with van der Waals surface area (Å²) >= 11 is 0. The number of benzene rings is 3. The van der Waals surface area contributed by atoms with E-state index in [4.69, 9.17) is 10.7 Å². The van der Waals surface area contributed by atoms with Crippen LogP contribution in [0.5, 0.6) is 0 Å². The molecule has 0 radical (unpaired) electrons. The van der Waals surface area contributed by atoms with E-state index in [2.05, 4.69) is 0 Å². The molecule has 110 valence electrons. The van der Waals surface area contributed by atoms with Crippen molar-refractivity contribution >= 4 is 27.6 Å². The lowest BCUT2D eigenvalue weighted by Gasteiger charge is -2.10. The van der Waals surface area contributed by atoms with Gasteiger partial charge in [0.2, 0.25) is 5.91 Å². The predicted octanol–water partition coefficient (Wildman–Crippen LogP) is 4.15. The molecule has 0 aliphatic heterocycles. The van der Waals surface area contributed by atoms with Crippen molar-refractivity contribution in [3.05, 3.63) is 78.4 Å². The molecule has 3 nitrogen and oxygen atoms in total. The molecule has 0 spiro atoms. The Morgan fingerprint density at radius 1 is 0.826 bits per heavy atom. The molecular formula is C20H14N2O. The van der Waals surface area contributed by atoms with Crippen LogP contribution < -0.4 is 5.73 Å².